The molecule has 0 radical (unpaired) electrons. The van der Waals surface area contributed by atoms with Crippen molar-refractivity contribution in [2.75, 3.05) is 13.7 Å². The first-order chi connectivity index (χ1) is 11.3. The van der Waals surface area contributed by atoms with Crippen molar-refractivity contribution in [3.05, 3.63) is 59.9 Å². The van der Waals surface area contributed by atoms with Gasteiger partial charge in [0, 0.05) is 23.4 Å². The van der Waals surface area contributed by atoms with E-state index in [2.05, 4.69) is 23.0 Å². The number of rotatable bonds is 4. The first kappa shape index (κ1) is 15.3. The molecule has 0 spiro atoms. The molecule has 0 atom stereocenters. The molecule has 4 heteroatoms. The van der Waals surface area contributed by atoms with Crippen LogP contribution in [0.15, 0.2) is 53.7 Å². The van der Waals surface area contributed by atoms with Crippen LogP contribution in [0.5, 0.6) is 11.5 Å². The summed E-state index contributed by atoms with van der Waals surface area (Å²) < 4.78 is 11.4. The molecular weight excluding hydrogens is 288 g/mol. The Morgan fingerprint density at radius 2 is 2.00 bits per heavy atom. The fourth-order valence-electron chi connectivity index (χ4n) is 2.52. The second kappa shape index (κ2) is 7.09. The summed E-state index contributed by atoms with van der Waals surface area (Å²) >= 11 is 0. The van der Waals surface area contributed by atoms with E-state index in [-0.39, 0.29) is 0 Å². The normalized spacial score (nSPS) is 14.0. The first-order valence-electron chi connectivity index (χ1n) is 7.83. The average molecular weight is 308 g/mol. The number of aryl methyl sites for hydroxylation is 1. The molecule has 1 aliphatic heterocycles. The Hall–Kier alpha value is -2.62. The van der Waals surface area contributed by atoms with Crippen molar-refractivity contribution in [2.45, 2.75) is 19.8 Å². The number of nitrogens with zero attached hydrogens (tertiary/aromatic N) is 2. The molecule has 0 fully saturated rings. The number of hydrogen-bond donors (Lipinski definition) is 0. The third-order valence-electron chi connectivity index (χ3n) is 3.73. The van der Waals surface area contributed by atoms with Crippen molar-refractivity contribution in [3.63, 3.8) is 0 Å². The van der Waals surface area contributed by atoms with Gasteiger partial charge in [-0.05, 0) is 31.0 Å². The summed E-state index contributed by atoms with van der Waals surface area (Å²) in [6.45, 7) is 2.81. The number of aliphatic imine (C=N–C) groups is 1. The van der Waals surface area contributed by atoms with Crippen molar-refractivity contribution in [2.24, 2.45) is 4.99 Å². The van der Waals surface area contributed by atoms with Crippen LogP contribution in [0, 0.1) is 0 Å². The number of methoxy groups -OCH3 is 1. The lowest BCUT2D eigenvalue weighted by molar-refractivity contribution is 0.413. The Labute approximate surface area is 136 Å². The number of pyridine rings is 1. The van der Waals surface area contributed by atoms with Gasteiger partial charge in [-0.1, -0.05) is 31.2 Å². The van der Waals surface area contributed by atoms with Gasteiger partial charge in [-0.2, -0.15) is 0 Å². The fourth-order valence-corrected chi connectivity index (χ4v) is 2.52. The summed E-state index contributed by atoms with van der Waals surface area (Å²) in [5.74, 6) is 2.13. The van der Waals surface area contributed by atoms with Crippen LogP contribution >= 0.6 is 0 Å². The van der Waals surface area contributed by atoms with Gasteiger partial charge >= 0.3 is 0 Å². The van der Waals surface area contributed by atoms with Crippen LogP contribution in [0.2, 0.25) is 0 Å². The van der Waals surface area contributed by atoms with E-state index in [0.717, 1.165) is 42.0 Å². The molecule has 0 unspecified atom stereocenters. The van der Waals surface area contributed by atoms with Crippen molar-refractivity contribution in [3.8, 4) is 11.5 Å². The molecule has 118 valence electrons. The Balaban J connectivity index is 1.88. The van der Waals surface area contributed by atoms with Gasteiger partial charge in [-0.25, -0.2) is 0 Å². The number of benzene rings is 1. The number of dihydropyridines is 1. The number of hydrogen-bond acceptors (Lipinski definition) is 4. The third kappa shape index (κ3) is 3.42. The first-order valence-corrected chi connectivity index (χ1v) is 7.83. The van der Waals surface area contributed by atoms with E-state index in [1.54, 1.807) is 13.3 Å². The van der Waals surface area contributed by atoms with E-state index in [1.165, 1.54) is 0 Å². The van der Waals surface area contributed by atoms with Crippen LogP contribution < -0.4 is 9.47 Å². The number of aromatic nitrogens is 1. The van der Waals surface area contributed by atoms with Crippen molar-refractivity contribution < 1.29 is 9.47 Å². The fraction of sp³-hybridized carbons (Fsp3) is 0.263. The van der Waals surface area contributed by atoms with E-state index >= 15 is 0 Å². The van der Waals surface area contributed by atoms with E-state index < -0.39 is 0 Å². The van der Waals surface area contributed by atoms with E-state index in [1.807, 2.05) is 36.4 Å². The third-order valence-corrected chi connectivity index (χ3v) is 3.73. The maximum absolute atomic E-state index is 5.98. The minimum Gasteiger partial charge on any atom is -0.496 e. The van der Waals surface area contributed by atoms with E-state index in [9.17, 15) is 0 Å². The minimum atomic E-state index is 0.617. The second-order valence-corrected chi connectivity index (χ2v) is 5.23. The standard InChI is InChI=1S/C19H20N2O2/c1-3-14-10-11-15(13-21-14)23-19-17(8-6-12-20-19)16-7-4-5-9-18(16)22-2/h4-5,7-11,13H,3,6,12H2,1-2H3. The maximum Gasteiger partial charge on any atom is 0.222 e. The summed E-state index contributed by atoms with van der Waals surface area (Å²) in [7, 11) is 1.67. The number of para-hydroxylation sites is 1. The number of ether oxygens (including phenoxy) is 2. The highest BCUT2D eigenvalue weighted by Crippen LogP contribution is 2.29. The zero-order valence-electron chi connectivity index (χ0n) is 13.5. The highest BCUT2D eigenvalue weighted by atomic mass is 16.5. The summed E-state index contributed by atoms with van der Waals surface area (Å²) in [5.41, 5.74) is 3.00. The van der Waals surface area contributed by atoms with Gasteiger partial charge in [-0.15, -0.1) is 0 Å². The van der Waals surface area contributed by atoms with E-state index in [0.29, 0.717) is 11.6 Å². The Morgan fingerprint density at radius 1 is 1.13 bits per heavy atom. The highest BCUT2D eigenvalue weighted by Gasteiger charge is 2.18. The van der Waals surface area contributed by atoms with Gasteiger partial charge in [0.2, 0.25) is 5.90 Å². The molecule has 1 aromatic carbocycles. The van der Waals surface area contributed by atoms with Gasteiger partial charge in [-0.3, -0.25) is 9.98 Å². The highest BCUT2D eigenvalue weighted by molar-refractivity contribution is 6.21. The molecule has 0 saturated carbocycles. The molecule has 2 aromatic rings. The molecule has 0 N–H and O–H groups in total. The molecule has 0 aliphatic carbocycles. The van der Waals surface area contributed by atoms with Crippen LogP contribution in [0.25, 0.3) is 5.57 Å². The summed E-state index contributed by atoms with van der Waals surface area (Å²) in [6, 6.07) is 11.8. The average Bonchev–Trinajstić information content (AvgIpc) is 2.63. The quantitative estimate of drug-likeness (QED) is 0.860. The summed E-state index contributed by atoms with van der Waals surface area (Å²) in [6.07, 6.45) is 5.70. The molecule has 3 rings (SSSR count). The molecule has 2 heterocycles. The maximum atomic E-state index is 5.98. The van der Waals surface area contributed by atoms with Gasteiger partial charge in [0.05, 0.1) is 13.3 Å². The van der Waals surface area contributed by atoms with Crippen LogP contribution in [-0.4, -0.2) is 24.5 Å². The Kier molecular flexibility index (Phi) is 4.71. The van der Waals surface area contributed by atoms with Crippen LogP contribution in [0.4, 0.5) is 0 Å². The smallest absolute Gasteiger partial charge is 0.222 e. The van der Waals surface area contributed by atoms with Crippen molar-refractivity contribution in [1.29, 1.82) is 0 Å². The SMILES string of the molecule is CCc1ccc(OC2=NCCC=C2c2ccccc2OC)cn1. The van der Waals surface area contributed by atoms with Gasteiger partial charge in [0.15, 0.2) is 0 Å². The lowest BCUT2D eigenvalue weighted by Crippen LogP contribution is -2.15. The topological polar surface area (TPSA) is 43.7 Å². The second-order valence-electron chi connectivity index (χ2n) is 5.23. The molecule has 0 amide bonds. The predicted molar refractivity (Wildman–Crippen MR) is 92.1 cm³/mol. The molecule has 1 aromatic heterocycles. The zero-order chi connectivity index (χ0) is 16.1. The predicted octanol–water partition coefficient (Wildman–Crippen LogP) is 3.92. The Bertz CT molecular complexity index is 733. The van der Waals surface area contributed by atoms with Gasteiger partial charge in [0.25, 0.3) is 0 Å². The molecule has 4 nitrogen and oxygen atoms in total. The summed E-state index contributed by atoms with van der Waals surface area (Å²) in [5, 5.41) is 0. The monoisotopic (exact) mass is 308 g/mol. The molecular formula is C19H20N2O2. The van der Waals surface area contributed by atoms with Gasteiger partial charge < -0.3 is 9.47 Å². The molecule has 0 saturated heterocycles. The molecule has 23 heavy (non-hydrogen) atoms. The lowest BCUT2D eigenvalue weighted by Gasteiger charge is -2.18. The van der Waals surface area contributed by atoms with Crippen molar-refractivity contribution in [1.82, 2.24) is 4.98 Å². The van der Waals surface area contributed by atoms with E-state index in [4.69, 9.17) is 9.47 Å². The Morgan fingerprint density at radius 3 is 2.74 bits per heavy atom. The summed E-state index contributed by atoms with van der Waals surface area (Å²) in [4.78, 5) is 8.91. The lowest BCUT2D eigenvalue weighted by atomic mass is 10.0. The van der Waals surface area contributed by atoms with Crippen LogP contribution in [0.3, 0.4) is 0 Å². The minimum absolute atomic E-state index is 0.617. The van der Waals surface area contributed by atoms with Gasteiger partial charge in [0.1, 0.15) is 11.5 Å². The largest absolute Gasteiger partial charge is 0.496 e. The van der Waals surface area contributed by atoms with Crippen LogP contribution in [-0.2, 0) is 6.42 Å². The van der Waals surface area contributed by atoms with Crippen molar-refractivity contribution >= 4 is 11.5 Å². The zero-order valence-corrected chi connectivity index (χ0v) is 13.5. The molecule has 1 aliphatic rings. The molecule has 0 bridgehead atoms. The van der Waals surface area contributed by atoms with Crippen LogP contribution in [0.1, 0.15) is 24.6 Å².